The maximum Gasteiger partial charge on any atom is 0.315 e. The van der Waals surface area contributed by atoms with Gasteiger partial charge in [-0.1, -0.05) is 11.8 Å². The number of hydrogen-bond donors (Lipinski definition) is 1. The number of pyridine rings is 1. The van der Waals surface area contributed by atoms with Crippen LogP contribution in [0.3, 0.4) is 0 Å². The van der Waals surface area contributed by atoms with Crippen LogP contribution in [0.25, 0.3) is 0 Å². The van der Waals surface area contributed by atoms with Crippen molar-refractivity contribution in [1.29, 1.82) is 0 Å². The fourth-order valence-electron chi connectivity index (χ4n) is 0.711. The Hall–Kier alpha value is -1.96. The highest BCUT2D eigenvalue weighted by Crippen LogP contribution is 2.03. The first-order valence-corrected chi connectivity index (χ1v) is 3.61. The minimum atomic E-state index is -1.20. The summed E-state index contributed by atoms with van der Waals surface area (Å²) >= 11 is 0. The van der Waals surface area contributed by atoms with Crippen molar-refractivity contribution in [3.63, 3.8) is 0 Å². The summed E-state index contributed by atoms with van der Waals surface area (Å²) in [6.07, 6.45) is 0.687. The Morgan fingerprint density at radius 2 is 2.29 bits per heavy atom. The molecule has 0 unspecified atom stereocenters. The monoisotopic (exact) mass is 197 g/mol. The van der Waals surface area contributed by atoms with Crippen molar-refractivity contribution in [2.24, 2.45) is 0 Å². The van der Waals surface area contributed by atoms with Crippen molar-refractivity contribution in [2.45, 2.75) is 6.42 Å². The minimum Gasteiger partial charge on any atom is -0.481 e. The number of aliphatic carboxylic acids is 1. The molecule has 3 nitrogen and oxygen atoms in total. The summed E-state index contributed by atoms with van der Waals surface area (Å²) in [7, 11) is 0. The predicted octanol–water partition coefficient (Wildman–Crippen LogP) is 1.19. The Labute approximate surface area is 78.4 Å². The summed E-state index contributed by atoms with van der Waals surface area (Å²) in [5.41, 5.74) is 0.144. The first-order chi connectivity index (χ1) is 6.59. The van der Waals surface area contributed by atoms with Crippen LogP contribution >= 0.6 is 0 Å². The zero-order chi connectivity index (χ0) is 10.6. The molecule has 1 aromatic rings. The summed E-state index contributed by atoms with van der Waals surface area (Å²) in [4.78, 5) is 13.1. The van der Waals surface area contributed by atoms with Gasteiger partial charge >= 0.3 is 5.97 Å². The maximum atomic E-state index is 12.5. The van der Waals surface area contributed by atoms with E-state index in [0.717, 1.165) is 12.3 Å². The molecule has 0 aliphatic heterocycles. The molecule has 1 rings (SSSR count). The zero-order valence-corrected chi connectivity index (χ0v) is 6.92. The second-order valence-electron chi connectivity index (χ2n) is 2.37. The molecular weight excluding hydrogens is 192 g/mol. The Bertz CT molecular complexity index is 421. The fourth-order valence-corrected chi connectivity index (χ4v) is 0.711. The molecule has 0 radical (unpaired) electrons. The Morgan fingerprint density at radius 1 is 1.57 bits per heavy atom. The summed E-state index contributed by atoms with van der Waals surface area (Å²) in [5, 5.41) is 8.24. The molecule has 14 heavy (non-hydrogen) atoms. The largest absolute Gasteiger partial charge is 0.481 e. The van der Waals surface area contributed by atoms with Gasteiger partial charge in [-0.05, 0) is 6.07 Å². The van der Waals surface area contributed by atoms with Crippen molar-refractivity contribution in [2.75, 3.05) is 0 Å². The van der Waals surface area contributed by atoms with E-state index in [1.54, 1.807) is 0 Å². The van der Waals surface area contributed by atoms with Gasteiger partial charge < -0.3 is 5.11 Å². The van der Waals surface area contributed by atoms with Gasteiger partial charge in [0.15, 0.2) is 5.82 Å². The molecule has 5 heteroatoms. The molecule has 0 bridgehead atoms. The number of hydrogen-bond acceptors (Lipinski definition) is 2. The number of aromatic nitrogens is 1. The molecule has 0 saturated carbocycles. The van der Waals surface area contributed by atoms with E-state index in [1.807, 2.05) is 0 Å². The first kappa shape index (κ1) is 10.1. The van der Waals surface area contributed by atoms with Crippen LogP contribution in [0.5, 0.6) is 0 Å². The van der Waals surface area contributed by atoms with Crippen LogP contribution in [0.15, 0.2) is 12.3 Å². The topological polar surface area (TPSA) is 50.2 Å². The highest BCUT2D eigenvalue weighted by Gasteiger charge is 2.01. The van der Waals surface area contributed by atoms with Gasteiger partial charge in [-0.3, -0.25) is 4.79 Å². The standard InChI is InChI=1S/C9H5F2NO2/c10-7-4-6(5-12-9(7)11)2-1-3-8(13)14/h4-5H,3H2,(H,13,14). The van der Waals surface area contributed by atoms with Crippen molar-refractivity contribution in [1.82, 2.24) is 4.98 Å². The third-order valence-corrected chi connectivity index (χ3v) is 1.27. The van der Waals surface area contributed by atoms with Gasteiger partial charge in [0.05, 0.1) is 0 Å². The van der Waals surface area contributed by atoms with E-state index in [4.69, 9.17) is 5.11 Å². The number of carboxylic acids is 1. The summed E-state index contributed by atoms with van der Waals surface area (Å²) in [5.74, 6) is 1.23. The number of rotatable bonds is 1. The van der Waals surface area contributed by atoms with Gasteiger partial charge in [0.2, 0.25) is 5.95 Å². The molecule has 0 aromatic carbocycles. The predicted molar refractivity (Wildman–Crippen MR) is 43.3 cm³/mol. The van der Waals surface area contributed by atoms with Gasteiger partial charge in [0.25, 0.3) is 0 Å². The molecular formula is C9H5F2NO2. The maximum absolute atomic E-state index is 12.5. The Morgan fingerprint density at radius 3 is 2.86 bits per heavy atom. The quantitative estimate of drug-likeness (QED) is 0.543. The number of halogens is 2. The molecule has 0 fully saturated rings. The minimum absolute atomic E-state index is 0.144. The van der Waals surface area contributed by atoms with E-state index in [0.29, 0.717) is 0 Å². The van der Waals surface area contributed by atoms with Gasteiger partial charge in [-0.15, -0.1) is 0 Å². The molecule has 0 atom stereocenters. The van der Waals surface area contributed by atoms with Crippen molar-refractivity contribution in [3.8, 4) is 11.8 Å². The van der Waals surface area contributed by atoms with E-state index in [-0.39, 0.29) is 12.0 Å². The Balaban J connectivity index is 2.81. The summed E-state index contributed by atoms with van der Waals surface area (Å²) in [6, 6.07) is 0.858. The van der Waals surface area contributed by atoms with Gasteiger partial charge in [-0.2, -0.15) is 4.39 Å². The van der Waals surface area contributed by atoms with Crippen molar-refractivity contribution >= 4 is 5.97 Å². The average molecular weight is 197 g/mol. The van der Waals surface area contributed by atoms with E-state index < -0.39 is 17.7 Å². The highest BCUT2D eigenvalue weighted by molar-refractivity contribution is 5.70. The van der Waals surface area contributed by atoms with Crippen molar-refractivity contribution < 1.29 is 18.7 Å². The van der Waals surface area contributed by atoms with Crippen LogP contribution in [0, 0.1) is 23.6 Å². The number of carboxylic acid groups (broad SMARTS) is 1. The van der Waals surface area contributed by atoms with Crippen molar-refractivity contribution in [3.05, 3.63) is 29.6 Å². The first-order valence-electron chi connectivity index (χ1n) is 3.61. The van der Waals surface area contributed by atoms with Gasteiger partial charge in [0.1, 0.15) is 6.42 Å². The van der Waals surface area contributed by atoms with Gasteiger partial charge in [-0.25, -0.2) is 9.37 Å². The SMILES string of the molecule is O=C(O)CC#Cc1cnc(F)c(F)c1. The average Bonchev–Trinajstić information content (AvgIpc) is 2.10. The lowest BCUT2D eigenvalue weighted by molar-refractivity contribution is -0.135. The molecule has 1 heterocycles. The lowest BCUT2D eigenvalue weighted by atomic mass is 10.2. The second-order valence-corrected chi connectivity index (χ2v) is 2.37. The lowest BCUT2D eigenvalue weighted by Crippen LogP contribution is -1.92. The molecule has 0 amide bonds. The van der Waals surface area contributed by atoms with Gasteiger partial charge in [0, 0.05) is 11.8 Å². The van der Waals surface area contributed by atoms with E-state index in [1.165, 1.54) is 0 Å². The van der Waals surface area contributed by atoms with Crippen LogP contribution < -0.4 is 0 Å². The lowest BCUT2D eigenvalue weighted by Gasteiger charge is -1.91. The second kappa shape index (κ2) is 4.33. The smallest absolute Gasteiger partial charge is 0.315 e. The molecule has 1 aromatic heterocycles. The van der Waals surface area contributed by atoms with Crippen LogP contribution in [0.4, 0.5) is 8.78 Å². The molecule has 1 N–H and O–H groups in total. The van der Waals surface area contributed by atoms with E-state index >= 15 is 0 Å². The normalized spacial score (nSPS) is 9.00. The third-order valence-electron chi connectivity index (χ3n) is 1.27. The number of carbonyl (C=O) groups is 1. The molecule has 0 spiro atoms. The highest BCUT2D eigenvalue weighted by atomic mass is 19.2. The molecule has 0 saturated heterocycles. The van der Waals surface area contributed by atoms with Crippen LogP contribution in [-0.2, 0) is 4.79 Å². The molecule has 0 aliphatic carbocycles. The molecule has 0 aliphatic rings. The van der Waals surface area contributed by atoms with Crippen LogP contribution in [0.1, 0.15) is 12.0 Å². The molecule has 72 valence electrons. The zero-order valence-electron chi connectivity index (χ0n) is 6.92. The summed E-state index contributed by atoms with van der Waals surface area (Å²) in [6.45, 7) is 0. The Kier molecular flexibility index (Phi) is 3.13. The van der Waals surface area contributed by atoms with E-state index in [2.05, 4.69) is 16.8 Å². The van der Waals surface area contributed by atoms with Crippen LogP contribution in [-0.4, -0.2) is 16.1 Å². The summed E-state index contributed by atoms with van der Waals surface area (Å²) < 4.78 is 24.9. The number of nitrogens with zero attached hydrogens (tertiary/aromatic N) is 1. The van der Waals surface area contributed by atoms with Crippen LogP contribution in [0.2, 0.25) is 0 Å². The third kappa shape index (κ3) is 2.83. The fraction of sp³-hybridized carbons (Fsp3) is 0.111. The van der Waals surface area contributed by atoms with E-state index in [9.17, 15) is 13.6 Å².